The van der Waals surface area contributed by atoms with Crippen LogP contribution in [0.3, 0.4) is 0 Å². The molecule has 2 aliphatic carbocycles. The first-order valence-corrected chi connectivity index (χ1v) is 13.1. The van der Waals surface area contributed by atoms with Crippen molar-refractivity contribution in [2.75, 3.05) is 25.3 Å². The fraction of sp³-hybridized carbons (Fsp3) is 0.448. The van der Waals surface area contributed by atoms with Gasteiger partial charge in [-0.15, -0.1) is 0 Å². The van der Waals surface area contributed by atoms with Gasteiger partial charge >= 0.3 is 6.09 Å². The summed E-state index contributed by atoms with van der Waals surface area (Å²) in [5.41, 5.74) is 4.15. The number of benzene rings is 2. The summed E-state index contributed by atoms with van der Waals surface area (Å²) in [7, 11) is 0. The van der Waals surface area contributed by atoms with E-state index >= 15 is 0 Å². The van der Waals surface area contributed by atoms with E-state index in [-0.39, 0.29) is 12.2 Å². The number of fused-ring (bicyclic) bond motifs is 1. The molecule has 1 N–H and O–H groups in total. The Morgan fingerprint density at radius 2 is 1.86 bits per heavy atom. The predicted octanol–water partition coefficient (Wildman–Crippen LogP) is 6.00. The standard InChI is InChI=1S/C29H31N3O5/c1-18(19-5-6-19)36-29(33)31-21-9-7-20(8-10-21)28-26(14-30)25-13-23(37-24-15-34-17-35-16-24)11-12-27(25)32(28)22-3-2-4-22/h7-13,18-19,22,24H,2-6,15-17H2,1H3,(H,31,33)/t18-/m1/s1. The summed E-state index contributed by atoms with van der Waals surface area (Å²) in [6.45, 7) is 3.19. The SMILES string of the molecule is C[C@@H](OC(=O)Nc1ccc(-c2c(C#N)c3cc(OC4COCOC4)ccc3n2C2CCC2)cc1)C1CC1. The molecule has 8 heteroatoms. The summed E-state index contributed by atoms with van der Waals surface area (Å²) in [6, 6.07) is 16.4. The molecule has 1 amide bonds. The number of amides is 1. The van der Waals surface area contributed by atoms with Crippen molar-refractivity contribution in [1.82, 2.24) is 4.57 Å². The predicted molar refractivity (Wildman–Crippen MR) is 138 cm³/mol. The van der Waals surface area contributed by atoms with Gasteiger partial charge in [-0.2, -0.15) is 5.26 Å². The molecule has 0 radical (unpaired) electrons. The van der Waals surface area contributed by atoms with Gasteiger partial charge in [0.2, 0.25) is 0 Å². The van der Waals surface area contributed by atoms with Crippen LogP contribution in [0.4, 0.5) is 10.5 Å². The van der Waals surface area contributed by atoms with E-state index < -0.39 is 6.09 Å². The highest BCUT2D eigenvalue weighted by Gasteiger charge is 2.31. The molecular weight excluding hydrogens is 470 g/mol. The maximum Gasteiger partial charge on any atom is 0.411 e. The Labute approximate surface area is 216 Å². The summed E-state index contributed by atoms with van der Waals surface area (Å²) < 4.78 is 24.6. The van der Waals surface area contributed by atoms with Crippen molar-refractivity contribution in [3.05, 3.63) is 48.0 Å². The number of hydrogen-bond acceptors (Lipinski definition) is 6. The zero-order valence-corrected chi connectivity index (χ0v) is 20.9. The van der Waals surface area contributed by atoms with Crippen LogP contribution in [0.2, 0.25) is 0 Å². The molecule has 1 atom stereocenters. The Balaban J connectivity index is 1.30. The summed E-state index contributed by atoms with van der Waals surface area (Å²) in [5.74, 6) is 1.18. The molecule has 2 aromatic carbocycles. The molecule has 0 bridgehead atoms. The number of hydrogen-bond donors (Lipinski definition) is 1. The van der Waals surface area contributed by atoms with E-state index in [9.17, 15) is 10.1 Å². The van der Waals surface area contributed by atoms with Gasteiger partial charge in [0.05, 0.1) is 30.0 Å². The minimum atomic E-state index is -0.435. The molecule has 192 valence electrons. The Morgan fingerprint density at radius 3 is 2.51 bits per heavy atom. The van der Waals surface area contributed by atoms with Crippen molar-refractivity contribution in [2.45, 2.75) is 57.3 Å². The molecule has 3 aromatic rings. The molecular formula is C29H31N3O5. The van der Waals surface area contributed by atoms with E-state index in [4.69, 9.17) is 18.9 Å². The molecule has 2 saturated carbocycles. The van der Waals surface area contributed by atoms with Crippen LogP contribution in [0.15, 0.2) is 42.5 Å². The maximum atomic E-state index is 12.3. The van der Waals surface area contributed by atoms with E-state index in [1.807, 2.05) is 49.4 Å². The molecule has 1 aromatic heterocycles. The third-order valence-corrected chi connectivity index (χ3v) is 7.59. The topological polar surface area (TPSA) is 94.7 Å². The second kappa shape index (κ2) is 10.1. The van der Waals surface area contributed by atoms with Crippen LogP contribution in [0.5, 0.6) is 5.75 Å². The van der Waals surface area contributed by atoms with Crippen LogP contribution in [0, 0.1) is 17.2 Å². The number of anilines is 1. The third kappa shape index (κ3) is 4.89. The molecule has 1 saturated heterocycles. The smallest absolute Gasteiger partial charge is 0.411 e. The molecule has 8 nitrogen and oxygen atoms in total. The summed E-state index contributed by atoms with van der Waals surface area (Å²) in [4.78, 5) is 12.3. The van der Waals surface area contributed by atoms with Crippen LogP contribution < -0.4 is 10.1 Å². The number of carbonyl (C=O) groups is 1. The van der Waals surface area contributed by atoms with Gasteiger partial charge in [-0.3, -0.25) is 5.32 Å². The van der Waals surface area contributed by atoms with Crippen LogP contribution in [-0.4, -0.2) is 42.9 Å². The van der Waals surface area contributed by atoms with E-state index in [1.165, 1.54) is 6.42 Å². The lowest BCUT2D eigenvalue weighted by Gasteiger charge is -2.30. The maximum absolute atomic E-state index is 12.3. The van der Waals surface area contributed by atoms with Crippen molar-refractivity contribution in [2.24, 2.45) is 5.92 Å². The lowest BCUT2D eigenvalue weighted by molar-refractivity contribution is -0.143. The fourth-order valence-electron chi connectivity index (χ4n) is 5.20. The summed E-state index contributed by atoms with van der Waals surface area (Å²) in [5, 5.41) is 14.0. The van der Waals surface area contributed by atoms with Gasteiger partial charge in [-0.1, -0.05) is 12.1 Å². The van der Waals surface area contributed by atoms with Gasteiger partial charge in [0.15, 0.2) is 0 Å². The monoisotopic (exact) mass is 501 g/mol. The van der Waals surface area contributed by atoms with Crippen LogP contribution in [-0.2, 0) is 14.2 Å². The molecule has 1 aliphatic heterocycles. The largest absolute Gasteiger partial charge is 0.486 e. The van der Waals surface area contributed by atoms with Gasteiger partial charge in [-0.25, -0.2) is 4.79 Å². The Bertz CT molecular complexity index is 1330. The van der Waals surface area contributed by atoms with Crippen molar-refractivity contribution in [3.8, 4) is 23.1 Å². The lowest BCUT2D eigenvalue weighted by Crippen LogP contribution is -2.33. The fourth-order valence-corrected chi connectivity index (χ4v) is 5.20. The van der Waals surface area contributed by atoms with Crippen molar-refractivity contribution >= 4 is 22.7 Å². The highest BCUT2D eigenvalue weighted by Crippen LogP contribution is 2.43. The number of nitrogens with one attached hydrogen (secondary N) is 1. The summed E-state index contributed by atoms with van der Waals surface area (Å²) in [6.07, 6.45) is 4.91. The molecule has 0 spiro atoms. The van der Waals surface area contributed by atoms with E-state index in [2.05, 4.69) is 16.0 Å². The van der Waals surface area contributed by atoms with E-state index in [1.54, 1.807) is 0 Å². The number of rotatable bonds is 7. The lowest BCUT2D eigenvalue weighted by atomic mass is 9.92. The van der Waals surface area contributed by atoms with E-state index in [0.29, 0.717) is 49.0 Å². The second-order valence-corrected chi connectivity index (χ2v) is 10.2. The Kier molecular flexibility index (Phi) is 6.49. The van der Waals surface area contributed by atoms with Gasteiger partial charge in [-0.05, 0) is 80.8 Å². The van der Waals surface area contributed by atoms with Crippen LogP contribution >= 0.6 is 0 Å². The molecule has 3 fully saturated rings. The zero-order chi connectivity index (χ0) is 25.4. The molecule has 37 heavy (non-hydrogen) atoms. The van der Waals surface area contributed by atoms with Crippen molar-refractivity contribution < 1.29 is 23.7 Å². The van der Waals surface area contributed by atoms with E-state index in [0.717, 1.165) is 47.8 Å². The minimum Gasteiger partial charge on any atom is -0.486 e. The average Bonchev–Trinajstić information content (AvgIpc) is 3.68. The van der Waals surface area contributed by atoms with Crippen LogP contribution in [0.25, 0.3) is 22.2 Å². The number of ether oxygens (including phenoxy) is 4. The quantitative estimate of drug-likeness (QED) is 0.426. The van der Waals surface area contributed by atoms with Gasteiger partial charge in [0.25, 0.3) is 0 Å². The first-order chi connectivity index (χ1) is 18.1. The first-order valence-electron chi connectivity index (χ1n) is 13.1. The highest BCUT2D eigenvalue weighted by atomic mass is 16.7. The van der Waals surface area contributed by atoms with Crippen molar-refractivity contribution in [3.63, 3.8) is 0 Å². The van der Waals surface area contributed by atoms with Gasteiger partial charge < -0.3 is 23.5 Å². The average molecular weight is 502 g/mol. The second-order valence-electron chi connectivity index (χ2n) is 10.2. The number of carbonyl (C=O) groups excluding carboxylic acids is 1. The zero-order valence-electron chi connectivity index (χ0n) is 20.9. The molecule has 3 aliphatic rings. The number of nitrogens with zero attached hydrogens (tertiary/aromatic N) is 2. The van der Waals surface area contributed by atoms with Gasteiger partial charge in [0.1, 0.15) is 30.8 Å². The summed E-state index contributed by atoms with van der Waals surface area (Å²) >= 11 is 0. The molecule has 6 rings (SSSR count). The van der Waals surface area contributed by atoms with Crippen LogP contribution in [0.1, 0.15) is 50.6 Å². The Morgan fingerprint density at radius 1 is 1.11 bits per heavy atom. The van der Waals surface area contributed by atoms with Gasteiger partial charge in [0, 0.05) is 17.1 Å². The third-order valence-electron chi connectivity index (χ3n) is 7.59. The van der Waals surface area contributed by atoms with Crippen molar-refractivity contribution in [1.29, 1.82) is 5.26 Å². The molecule has 0 unspecified atom stereocenters. The Hall–Kier alpha value is -3.54. The normalized spacial score (nSPS) is 19.1. The minimum absolute atomic E-state index is 0.0670. The number of aromatic nitrogens is 1. The number of nitriles is 1. The molecule has 2 heterocycles. The first kappa shape index (κ1) is 23.8. The highest BCUT2D eigenvalue weighted by molar-refractivity contribution is 5.96.